The van der Waals surface area contributed by atoms with Crippen LogP contribution in [0.25, 0.3) is 28.5 Å². The van der Waals surface area contributed by atoms with Crippen LogP contribution in [0.4, 0.5) is 0 Å². The first-order chi connectivity index (χ1) is 16.2. The first-order valence-corrected chi connectivity index (χ1v) is 11.4. The zero-order chi connectivity index (χ0) is 22.6. The van der Waals surface area contributed by atoms with Crippen molar-refractivity contribution in [3.63, 3.8) is 0 Å². The van der Waals surface area contributed by atoms with Crippen molar-refractivity contribution in [3.05, 3.63) is 89.8 Å². The third-order valence-electron chi connectivity index (χ3n) is 4.88. The molecule has 2 aromatic heterocycles. The largest absolute Gasteiger partial charge is 0.496 e. The van der Waals surface area contributed by atoms with Crippen molar-refractivity contribution in [2.75, 3.05) is 7.11 Å². The van der Waals surface area contributed by atoms with E-state index in [1.807, 2.05) is 83.4 Å². The Labute approximate surface area is 199 Å². The summed E-state index contributed by atoms with van der Waals surface area (Å²) >= 11 is 7.57. The number of aromatic nitrogens is 5. The van der Waals surface area contributed by atoms with E-state index in [4.69, 9.17) is 20.8 Å². The van der Waals surface area contributed by atoms with Crippen LogP contribution >= 0.6 is 23.4 Å². The minimum Gasteiger partial charge on any atom is -0.496 e. The number of rotatable bonds is 7. The summed E-state index contributed by atoms with van der Waals surface area (Å²) < 4.78 is 13.4. The molecule has 0 atom stereocenters. The Kier molecular flexibility index (Phi) is 6.10. The molecule has 0 fully saturated rings. The summed E-state index contributed by atoms with van der Waals surface area (Å²) in [5.41, 5.74) is 2.59. The van der Waals surface area contributed by atoms with Crippen molar-refractivity contribution >= 4 is 23.4 Å². The molecule has 0 radical (unpaired) electrons. The topological polar surface area (TPSA) is 78.9 Å². The van der Waals surface area contributed by atoms with E-state index in [2.05, 4.69) is 20.4 Å². The molecule has 0 aliphatic rings. The monoisotopic (exact) mass is 475 g/mol. The van der Waals surface area contributed by atoms with Gasteiger partial charge < -0.3 is 9.15 Å². The van der Waals surface area contributed by atoms with Gasteiger partial charge in [-0.2, -0.15) is 0 Å². The second kappa shape index (κ2) is 9.48. The van der Waals surface area contributed by atoms with Gasteiger partial charge in [0.1, 0.15) is 5.75 Å². The average Bonchev–Trinajstić information content (AvgIpc) is 3.51. The third kappa shape index (κ3) is 4.48. The quantitative estimate of drug-likeness (QED) is 0.269. The van der Waals surface area contributed by atoms with Crippen molar-refractivity contribution in [3.8, 4) is 34.3 Å². The van der Waals surface area contributed by atoms with Gasteiger partial charge in [-0.05, 0) is 48.5 Å². The SMILES string of the molecule is COc1ccccc1-c1nnc(SCc2nnc(-c3ccccc3)o2)n1-c1ccc(Cl)cc1. The van der Waals surface area contributed by atoms with Crippen LogP contribution in [-0.2, 0) is 5.75 Å². The fourth-order valence-corrected chi connectivity index (χ4v) is 4.24. The first kappa shape index (κ1) is 21.2. The van der Waals surface area contributed by atoms with Crippen molar-refractivity contribution in [2.24, 2.45) is 0 Å². The number of ether oxygens (including phenoxy) is 1. The maximum atomic E-state index is 6.12. The van der Waals surface area contributed by atoms with Crippen LogP contribution in [0, 0.1) is 0 Å². The molecule has 9 heteroatoms. The average molecular weight is 476 g/mol. The fraction of sp³-hybridized carbons (Fsp3) is 0.0833. The molecule has 3 aromatic carbocycles. The second-order valence-corrected chi connectivity index (χ2v) is 8.35. The summed E-state index contributed by atoms with van der Waals surface area (Å²) in [7, 11) is 1.64. The summed E-state index contributed by atoms with van der Waals surface area (Å²) in [5.74, 6) is 2.80. The van der Waals surface area contributed by atoms with E-state index in [0.29, 0.717) is 39.3 Å². The highest BCUT2D eigenvalue weighted by atomic mass is 35.5. The van der Waals surface area contributed by atoms with E-state index < -0.39 is 0 Å². The van der Waals surface area contributed by atoms with Crippen LogP contribution in [-0.4, -0.2) is 32.1 Å². The predicted molar refractivity (Wildman–Crippen MR) is 128 cm³/mol. The minimum absolute atomic E-state index is 0.442. The fourth-order valence-electron chi connectivity index (χ4n) is 3.33. The lowest BCUT2D eigenvalue weighted by Crippen LogP contribution is -2.01. The highest BCUT2D eigenvalue weighted by Crippen LogP contribution is 2.34. The molecule has 2 heterocycles. The second-order valence-electron chi connectivity index (χ2n) is 6.97. The van der Waals surface area contributed by atoms with E-state index in [1.54, 1.807) is 7.11 Å². The number of nitrogens with zero attached hydrogens (tertiary/aromatic N) is 5. The molecule has 5 rings (SSSR count). The van der Waals surface area contributed by atoms with E-state index in [9.17, 15) is 0 Å². The lowest BCUT2D eigenvalue weighted by molar-refractivity contribution is 0.416. The molecule has 0 saturated carbocycles. The van der Waals surface area contributed by atoms with E-state index in [-0.39, 0.29) is 0 Å². The Morgan fingerprint density at radius 2 is 1.64 bits per heavy atom. The van der Waals surface area contributed by atoms with Crippen molar-refractivity contribution in [1.29, 1.82) is 0 Å². The van der Waals surface area contributed by atoms with Gasteiger partial charge in [-0.1, -0.05) is 53.7 Å². The molecule has 164 valence electrons. The Hall–Kier alpha value is -3.62. The van der Waals surface area contributed by atoms with Crippen LogP contribution < -0.4 is 4.74 Å². The van der Waals surface area contributed by atoms with Gasteiger partial charge in [-0.3, -0.25) is 4.57 Å². The number of hydrogen-bond acceptors (Lipinski definition) is 7. The van der Waals surface area contributed by atoms with Crippen molar-refractivity contribution < 1.29 is 9.15 Å². The Balaban J connectivity index is 1.48. The van der Waals surface area contributed by atoms with Gasteiger partial charge in [0.25, 0.3) is 0 Å². The van der Waals surface area contributed by atoms with Gasteiger partial charge in [0.2, 0.25) is 11.8 Å². The van der Waals surface area contributed by atoms with Crippen LogP contribution in [0.15, 0.2) is 88.4 Å². The molecule has 7 nitrogen and oxygen atoms in total. The smallest absolute Gasteiger partial charge is 0.247 e. The molecule has 0 aliphatic carbocycles. The molecule has 0 aliphatic heterocycles. The predicted octanol–water partition coefficient (Wildman–Crippen LogP) is 5.94. The van der Waals surface area contributed by atoms with Gasteiger partial charge in [-0.15, -0.1) is 20.4 Å². The normalized spacial score (nSPS) is 11.0. The van der Waals surface area contributed by atoms with E-state index in [0.717, 1.165) is 16.8 Å². The number of thioether (sulfide) groups is 1. The number of methoxy groups -OCH3 is 1. The van der Waals surface area contributed by atoms with Gasteiger partial charge in [0, 0.05) is 16.3 Å². The standard InChI is InChI=1S/C24H18ClN5O2S/c1-31-20-10-6-5-9-19(20)22-27-29-24(30(22)18-13-11-17(25)12-14-18)33-15-21-26-28-23(32-21)16-7-3-2-4-8-16/h2-14H,15H2,1H3. The number of benzene rings is 3. The first-order valence-electron chi connectivity index (χ1n) is 10.1. The third-order valence-corrected chi connectivity index (χ3v) is 6.04. The molecule has 0 N–H and O–H groups in total. The maximum absolute atomic E-state index is 6.12. The minimum atomic E-state index is 0.442. The van der Waals surface area contributed by atoms with Crippen molar-refractivity contribution in [2.45, 2.75) is 10.9 Å². The van der Waals surface area contributed by atoms with Crippen LogP contribution in [0.2, 0.25) is 5.02 Å². The van der Waals surface area contributed by atoms with Crippen LogP contribution in [0.5, 0.6) is 5.75 Å². The van der Waals surface area contributed by atoms with E-state index in [1.165, 1.54) is 11.8 Å². The highest BCUT2D eigenvalue weighted by molar-refractivity contribution is 7.98. The summed E-state index contributed by atoms with van der Waals surface area (Å²) in [6, 6.07) is 24.9. The molecule has 0 bridgehead atoms. The maximum Gasteiger partial charge on any atom is 0.247 e. The molecular weight excluding hydrogens is 458 g/mol. The van der Waals surface area contributed by atoms with Gasteiger partial charge in [0.05, 0.1) is 18.4 Å². The highest BCUT2D eigenvalue weighted by Gasteiger charge is 2.20. The molecule has 0 unspecified atom stereocenters. The molecule has 5 aromatic rings. The summed E-state index contributed by atoms with van der Waals surface area (Å²) in [6.45, 7) is 0. The van der Waals surface area contributed by atoms with Gasteiger partial charge in [0.15, 0.2) is 11.0 Å². The molecular formula is C24H18ClN5O2S. The molecule has 33 heavy (non-hydrogen) atoms. The van der Waals surface area contributed by atoms with E-state index >= 15 is 0 Å². The lowest BCUT2D eigenvalue weighted by Gasteiger charge is -2.12. The van der Waals surface area contributed by atoms with Crippen molar-refractivity contribution in [1.82, 2.24) is 25.0 Å². The Bertz CT molecular complexity index is 1370. The Morgan fingerprint density at radius 1 is 0.879 bits per heavy atom. The zero-order valence-corrected chi connectivity index (χ0v) is 19.1. The summed E-state index contributed by atoms with van der Waals surface area (Å²) in [6.07, 6.45) is 0. The lowest BCUT2D eigenvalue weighted by atomic mass is 10.2. The molecule has 0 spiro atoms. The number of hydrogen-bond donors (Lipinski definition) is 0. The zero-order valence-electron chi connectivity index (χ0n) is 17.6. The molecule has 0 amide bonds. The van der Waals surface area contributed by atoms with Crippen LogP contribution in [0.1, 0.15) is 5.89 Å². The number of para-hydroxylation sites is 1. The van der Waals surface area contributed by atoms with Crippen LogP contribution in [0.3, 0.4) is 0 Å². The summed E-state index contributed by atoms with van der Waals surface area (Å²) in [4.78, 5) is 0. The Morgan fingerprint density at radius 3 is 2.42 bits per heavy atom. The van der Waals surface area contributed by atoms with Gasteiger partial charge in [-0.25, -0.2) is 0 Å². The number of halogens is 1. The molecule has 0 saturated heterocycles. The van der Waals surface area contributed by atoms with Gasteiger partial charge >= 0.3 is 0 Å². The summed E-state index contributed by atoms with van der Waals surface area (Å²) in [5, 5.41) is 18.6.